The Labute approximate surface area is 101 Å². The molecule has 1 heterocycles. The van der Waals surface area contributed by atoms with E-state index in [9.17, 15) is 5.11 Å². The van der Waals surface area contributed by atoms with E-state index < -0.39 is 0 Å². The van der Waals surface area contributed by atoms with E-state index >= 15 is 0 Å². The van der Waals surface area contributed by atoms with E-state index in [1.165, 1.54) is 0 Å². The molecule has 2 aromatic rings. The Morgan fingerprint density at radius 1 is 1.24 bits per heavy atom. The van der Waals surface area contributed by atoms with Gasteiger partial charge >= 0.3 is 0 Å². The molecule has 0 bridgehead atoms. The molecule has 0 spiro atoms. The first kappa shape index (κ1) is 11.5. The van der Waals surface area contributed by atoms with E-state index in [4.69, 9.17) is 5.73 Å². The van der Waals surface area contributed by atoms with Crippen molar-refractivity contribution < 1.29 is 5.11 Å². The molecule has 17 heavy (non-hydrogen) atoms. The lowest BCUT2D eigenvalue weighted by Gasteiger charge is -2.07. The van der Waals surface area contributed by atoms with Crippen LogP contribution in [0.2, 0.25) is 0 Å². The molecule has 3 heteroatoms. The van der Waals surface area contributed by atoms with Crippen molar-refractivity contribution in [2.45, 2.75) is 19.8 Å². The SMILES string of the molecule is CCCc1cc(-c2cccc(N)n2)ccc1O. The predicted molar refractivity (Wildman–Crippen MR) is 69.7 cm³/mol. The van der Waals surface area contributed by atoms with Crippen molar-refractivity contribution in [1.82, 2.24) is 4.98 Å². The van der Waals surface area contributed by atoms with Crippen molar-refractivity contribution in [1.29, 1.82) is 0 Å². The molecule has 0 aliphatic carbocycles. The number of nitrogens with two attached hydrogens (primary N) is 1. The minimum absolute atomic E-state index is 0.347. The lowest BCUT2D eigenvalue weighted by Crippen LogP contribution is -1.92. The van der Waals surface area contributed by atoms with Gasteiger partial charge in [-0.3, -0.25) is 0 Å². The second kappa shape index (κ2) is 4.87. The first-order valence-corrected chi connectivity index (χ1v) is 5.75. The molecule has 3 N–H and O–H groups in total. The first-order chi connectivity index (χ1) is 8.20. The van der Waals surface area contributed by atoms with Crippen molar-refractivity contribution in [3.8, 4) is 17.0 Å². The fourth-order valence-corrected chi connectivity index (χ4v) is 1.83. The second-order valence-electron chi connectivity index (χ2n) is 4.04. The fourth-order valence-electron chi connectivity index (χ4n) is 1.83. The average Bonchev–Trinajstić information content (AvgIpc) is 2.32. The standard InChI is InChI=1S/C14H16N2O/c1-2-4-11-9-10(7-8-13(11)17)12-5-3-6-14(15)16-12/h3,5-9,17H,2,4H2,1H3,(H2,15,16). The van der Waals surface area contributed by atoms with Crippen molar-refractivity contribution in [3.63, 3.8) is 0 Å². The quantitative estimate of drug-likeness (QED) is 0.849. The van der Waals surface area contributed by atoms with Crippen LogP contribution in [0.25, 0.3) is 11.3 Å². The molecule has 0 aliphatic rings. The van der Waals surface area contributed by atoms with Crippen LogP contribution in [-0.4, -0.2) is 10.1 Å². The number of nitrogens with zero attached hydrogens (tertiary/aromatic N) is 1. The summed E-state index contributed by atoms with van der Waals surface area (Å²) >= 11 is 0. The van der Waals surface area contributed by atoms with Gasteiger partial charge in [0.05, 0.1) is 5.69 Å². The van der Waals surface area contributed by atoms with Crippen LogP contribution in [0.15, 0.2) is 36.4 Å². The number of anilines is 1. The summed E-state index contributed by atoms with van der Waals surface area (Å²) in [6.45, 7) is 2.09. The molecule has 88 valence electrons. The van der Waals surface area contributed by atoms with Crippen molar-refractivity contribution in [2.24, 2.45) is 0 Å². The Balaban J connectivity index is 2.42. The number of benzene rings is 1. The van der Waals surface area contributed by atoms with Crippen LogP contribution in [0.5, 0.6) is 5.75 Å². The van der Waals surface area contributed by atoms with Gasteiger partial charge in [-0.1, -0.05) is 19.4 Å². The lowest BCUT2D eigenvalue weighted by molar-refractivity contribution is 0.467. The number of rotatable bonds is 3. The Hall–Kier alpha value is -2.03. The highest BCUT2D eigenvalue weighted by Gasteiger charge is 2.05. The molecule has 1 aromatic carbocycles. The van der Waals surface area contributed by atoms with E-state index in [0.717, 1.165) is 29.7 Å². The van der Waals surface area contributed by atoms with E-state index in [-0.39, 0.29) is 0 Å². The zero-order valence-electron chi connectivity index (χ0n) is 9.85. The highest BCUT2D eigenvalue weighted by atomic mass is 16.3. The number of aromatic hydroxyl groups is 1. The topological polar surface area (TPSA) is 59.1 Å². The van der Waals surface area contributed by atoms with Gasteiger partial charge in [0.25, 0.3) is 0 Å². The third kappa shape index (κ3) is 2.56. The highest BCUT2D eigenvalue weighted by Crippen LogP contribution is 2.26. The summed E-state index contributed by atoms with van der Waals surface area (Å²) in [6, 6.07) is 11.1. The number of aromatic nitrogens is 1. The van der Waals surface area contributed by atoms with E-state index in [1.54, 1.807) is 12.1 Å². The van der Waals surface area contributed by atoms with Crippen molar-refractivity contribution in [3.05, 3.63) is 42.0 Å². The number of phenolic OH excluding ortho intramolecular Hbond substituents is 1. The molecule has 0 radical (unpaired) electrons. The highest BCUT2D eigenvalue weighted by molar-refractivity contribution is 5.63. The van der Waals surface area contributed by atoms with Crippen LogP contribution < -0.4 is 5.73 Å². The Morgan fingerprint density at radius 2 is 2.06 bits per heavy atom. The van der Waals surface area contributed by atoms with E-state index in [2.05, 4.69) is 11.9 Å². The number of nitrogen functional groups attached to an aromatic ring is 1. The smallest absolute Gasteiger partial charge is 0.124 e. The molecule has 0 aliphatic heterocycles. The maximum atomic E-state index is 9.72. The summed E-state index contributed by atoms with van der Waals surface area (Å²) in [5.74, 6) is 0.854. The minimum atomic E-state index is 0.347. The number of pyridine rings is 1. The van der Waals surface area contributed by atoms with E-state index in [0.29, 0.717) is 11.6 Å². The molecule has 2 rings (SSSR count). The van der Waals surface area contributed by atoms with Gasteiger partial charge in [-0.05, 0) is 42.3 Å². The maximum absolute atomic E-state index is 9.72. The van der Waals surface area contributed by atoms with Gasteiger partial charge in [0, 0.05) is 5.56 Å². The van der Waals surface area contributed by atoms with E-state index in [1.807, 2.05) is 24.3 Å². The second-order valence-corrected chi connectivity index (χ2v) is 4.04. The molecular formula is C14H16N2O. The monoisotopic (exact) mass is 228 g/mol. The van der Waals surface area contributed by atoms with Crippen molar-refractivity contribution >= 4 is 5.82 Å². The molecule has 1 aromatic heterocycles. The molecule has 0 fully saturated rings. The molecular weight excluding hydrogens is 212 g/mol. The van der Waals surface area contributed by atoms with Crippen LogP contribution in [0.3, 0.4) is 0 Å². The zero-order chi connectivity index (χ0) is 12.3. The van der Waals surface area contributed by atoms with Gasteiger partial charge in [0.15, 0.2) is 0 Å². The van der Waals surface area contributed by atoms with Gasteiger partial charge in [0.2, 0.25) is 0 Å². The Bertz CT molecular complexity index is 523. The van der Waals surface area contributed by atoms with Gasteiger partial charge in [-0.15, -0.1) is 0 Å². The summed E-state index contributed by atoms with van der Waals surface area (Å²) in [5.41, 5.74) is 8.44. The molecule has 0 atom stereocenters. The normalized spacial score (nSPS) is 10.4. The van der Waals surface area contributed by atoms with Gasteiger partial charge in [-0.2, -0.15) is 0 Å². The number of aryl methyl sites for hydroxylation is 1. The average molecular weight is 228 g/mol. The van der Waals surface area contributed by atoms with Gasteiger partial charge < -0.3 is 10.8 Å². The summed E-state index contributed by atoms with van der Waals surface area (Å²) in [6.07, 6.45) is 1.86. The largest absolute Gasteiger partial charge is 0.508 e. The molecule has 0 unspecified atom stereocenters. The first-order valence-electron chi connectivity index (χ1n) is 5.75. The van der Waals surface area contributed by atoms with Crippen molar-refractivity contribution in [2.75, 3.05) is 5.73 Å². The maximum Gasteiger partial charge on any atom is 0.124 e. The summed E-state index contributed by atoms with van der Waals surface area (Å²) < 4.78 is 0. The van der Waals surface area contributed by atoms with Gasteiger partial charge in [-0.25, -0.2) is 4.98 Å². The third-order valence-electron chi connectivity index (χ3n) is 2.67. The lowest BCUT2D eigenvalue weighted by atomic mass is 10.0. The minimum Gasteiger partial charge on any atom is -0.508 e. The van der Waals surface area contributed by atoms with Crippen LogP contribution in [-0.2, 0) is 6.42 Å². The van der Waals surface area contributed by atoms with Crippen LogP contribution in [0, 0.1) is 0 Å². The number of hydrogen-bond donors (Lipinski definition) is 2. The van der Waals surface area contributed by atoms with Gasteiger partial charge in [0.1, 0.15) is 11.6 Å². The number of phenols is 1. The predicted octanol–water partition coefficient (Wildman–Crippen LogP) is 2.99. The molecule has 0 saturated heterocycles. The zero-order valence-corrected chi connectivity index (χ0v) is 9.85. The van der Waals surface area contributed by atoms with Crippen LogP contribution in [0.4, 0.5) is 5.82 Å². The summed E-state index contributed by atoms with van der Waals surface area (Å²) in [5, 5.41) is 9.72. The third-order valence-corrected chi connectivity index (χ3v) is 2.67. The van der Waals surface area contributed by atoms with Crippen LogP contribution in [0.1, 0.15) is 18.9 Å². The molecule has 0 amide bonds. The summed E-state index contributed by atoms with van der Waals surface area (Å²) in [4.78, 5) is 4.27. The Kier molecular flexibility index (Phi) is 3.28. The molecule has 3 nitrogen and oxygen atoms in total. The molecule has 0 saturated carbocycles. The van der Waals surface area contributed by atoms with Crippen LogP contribution >= 0.6 is 0 Å². The fraction of sp³-hybridized carbons (Fsp3) is 0.214. The summed E-state index contributed by atoms with van der Waals surface area (Å²) in [7, 11) is 0. The Morgan fingerprint density at radius 3 is 2.76 bits per heavy atom. The number of hydrogen-bond acceptors (Lipinski definition) is 3.